The lowest BCUT2D eigenvalue weighted by Crippen LogP contribution is -2.67. The minimum atomic E-state index is -1.39. The number of carbonyl (C=O) groups excluding carboxylic acids is 3. The maximum atomic E-state index is 15.2. The second kappa shape index (κ2) is 5.94. The zero-order valence-corrected chi connectivity index (χ0v) is 14.7. The van der Waals surface area contributed by atoms with Crippen molar-refractivity contribution in [3.05, 3.63) is 28.6 Å². The summed E-state index contributed by atoms with van der Waals surface area (Å²) in [5.41, 5.74) is -1.36. The van der Waals surface area contributed by atoms with Crippen molar-refractivity contribution in [3.8, 4) is 0 Å². The lowest BCUT2D eigenvalue weighted by Gasteiger charge is -2.49. The molecule has 0 radical (unpaired) electrons. The van der Waals surface area contributed by atoms with Gasteiger partial charge in [0.2, 0.25) is 11.8 Å². The average molecular weight is 394 g/mol. The third-order valence-corrected chi connectivity index (χ3v) is 6.02. The Morgan fingerprint density at radius 2 is 1.64 bits per heavy atom. The normalized spacial score (nSPS) is 29.0. The van der Waals surface area contributed by atoms with E-state index in [2.05, 4.69) is 10.6 Å². The van der Waals surface area contributed by atoms with E-state index in [1.165, 1.54) is 4.90 Å². The summed E-state index contributed by atoms with van der Waals surface area (Å²) in [4.78, 5) is 38.5. The van der Waals surface area contributed by atoms with Gasteiger partial charge in [-0.2, -0.15) is 0 Å². The SMILES string of the molecule is O=C1CCC(N2Cc3c(F)c(N4CC5CC(C4)N5)c(F)c(F)c3C2=O)C(=O)N1. The number of amides is 3. The lowest BCUT2D eigenvalue weighted by molar-refractivity contribution is -0.136. The van der Waals surface area contributed by atoms with Gasteiger partial charge in [0.05, 0.1) is 12.1 Å². The summed E-state index contributed by atoms with van der Waals surface area (Å²) in [6.45, 7) is 0.371. The van der Waals surface area contributed by atoms with Crippen LogP contribution in [0, 0.1) is 17.5 Å². The summed E-state index contributed by atoms with van der Waals surface area (Å²) >= 11 is 0. The maximum absolute atomic E-state index is 15.2. The Morgan fingerprint density at radius 1 is 0.964 bits per heavy atom. The van der Waals surface area contributed by atoms with Crippen LogP contribution in [0.5, 0.6) is 0 Å². The molecule has 1 aromatic rings. The van der Waals surface area contributed by atoms with Crippen LogP contribution in [0.15, 0.2) is 0 Å². The van der Waals surface area contributed by atoms with Gasteiger partial charge < -0.3 is 15.1 Å². The summed E-state index contributed by atoms with van der Waals surface area (Å²) in [6.07, 6.45) is 0.990. The largest absolute Gasteiger partial charge is 0.364 e. The monoisotopic (exact) mass is 394 g/mol. The molecule has 1 aromatic carbocycles. The van der Waals surface area contributed by atoms with Crippen LogP contribution in [0.4, 0.5) is 18.9 Å². The molecule has 148 valence electrons. The van der Waals surface area contributed by atoms with Gasteiger partial charge in [-0.1, -0.05) is 0 Å². The fourth-order valence-electron chi connectivity index (χ4n) is 4.66. The number of halogens is 3. The van der Waals surface area contributed by atoms with E-state index in [0.717, 1.165) is 11.3 Å². The smallest absolute Gasteiger partial charge is 0.258 e. The van der Waals surface area contributed by atoms with Crippen LogP contribution >= 0.6 is 0 Å². The Balaban J connectivity index is 1.52. The predicted octanol–water partition coefficient (Wildman–Crippen LogP) is 0.415. The molecule has 5 aliphatic heterocycles. The Labute approximate surface area is 157 Å². The van der Waals surface area contributed by atoms with Crippen molar-refractivity contribution in [1.82, 2.24) is 15.5 Å². The molecular weight excluding hydrogens is 377 g/mol. The van der Waals surface area contributed by atoms with Gasteiger partial charge in [0, 0.05) is 37.2 Å². The third kappa shape index (κ3) is 2.36. The van der Waals surface area contributed by atoms with Crippen molar-refractivity contribution in [2.24, 2.45) is 0 Å². The van der Waals surface area contributed by atoms with Crippen LogP contribution < -0.4 is 15.5 Å². The zero-order chi connectivity index (χ0) is 19.7. The highest BCUT2D eigenvalue weighted by Crippen LogP contribution is 2.39. The van der Waals surface area contributed by atoms with Gasteiger partial charge in [0.25, 0.3) is 5.91 Å². The highest BCUT2D eigenvalue weighted by Gasteiger charge is 2.45. The molecule has 0 saturated carbocycles. The minimum Gasteiger partial charge on any atom is -0.364 e. The Kier molecular flexibility index (Phi) is 3.71. The summed E-state index contributed by atoms with van der Waals surface area (Å²) in [5, 5.41) is 5.35. The Hall–Kier alpha value is -2.62. The number of benzene rings is 1. The van der Waals surface area contributed by atoms with Crippen molar-refractivity contribution >= 4 is 23.4 Å². The number of hydrogen-bond acceptors (Lipinski definition) is 5. The van der Waals surface area contributed by atoms with Crippen LogP contribution in [-0.4, -0.2) is 53.8 Å². The minimum absolute atomic E-state index is 0.0185. The summed E-state index contributed by atoms with van der Waals surface area (Å²) < 4.78 is 44.7. The van der Waals surface area contributed by atoms with E-state index in [4.69, 9.17) is 0 Å². The number of fused-ring (bicyclic) bond motifs is 3. The molecule has 2 N–H and O–H groups in total. The number of piperazine rings is 1. The average Bonchev–Trinajstić information content (AvgIpc) is 2.97. The number of carbonyl (C=O) groups is 3. The molecule has 0 aromatic heterocycles. The summed E-state index contributed by atoms with van der Waals surface area (Å²) in [6, 6.07) is -0.805. The van der Waals surface area contributed by atoms with Crippen LogP contribution in [-0.2, 0) is 16.1 Å². The fraction of sp³-hybridized carbons (Fsp3) is 0.500. The van der Waals surface area contributed by atoms with Gasteiger partial charge >= 0.3 is 0 Å². The fourth-order valence-corrected chi connectivity index (χ4v) is 4.66. The van der Waals surface area contributed by atoms with Crippen LogP contribution in [0.2, 0.25) is 0 Å². The highest BCUT2D eigenvalue weighted by molar-refractivity contribution is 6.05. The van der Waals surface area contributed by atoms with E-state index in [1.54, 1.807) is 0 Å². The molecule has 7 nitrogen and oxygen atoms in total. The summed E-state index contributed by atoms with van der Waals surface area (Å²) in [5.74, 6) is -5.82. The number of nitrogens with zero attached hydrogens (tertiary/aromatic N) is 2. The molecule has 10 heteroatoms. The van der Waals surface area contributed by atoms with Crippen molar-refractivity contribution in [3.63, 3.8) is 0 Å². The van der Waals surface area contributed by atoms with E-state index in [9.17, 15) is 23.2 Å². The molecule has 2 bridgehead atoms. The maximum Gasteiger partial charge on any atom is 0.258 e. The first-order valence-electron chi connectivity index (χ1n) is 9.20. The zero-order valence-electron chi connectivity index (χ0n) is 14.7. The van der Waals surface area contributed by atoms with Gasteiger partial charge in [-0.3, -0.25) is 19.7 Å². The highest BCUT2D eigenvalue weighted by atomic mass is 19.2. The Morgan fingerprint density at radius 3 is 2.29 bits per heavy atom. The number of piperidine rings is 2. The number of imide groups is 1. The van der Waals surface area contributed by atoms with Crippen LogP contribution in [0.1, 0.15) is 35.2 Å². The molecule has 3 unspecified atom stereocenters. The first kappa shape index (κ1) is 17.5. The second-order valence-electron chi connectivity index (χ2n) is 7.75. The van der Waals surface area contributed by atoms with Crippen molar-refractivity contribution < 1.29 is 27.6 Å². The van der Waals surface area contributed by atoms with E-state index < -0.39 is 52.5 Å². The first-order chi connectivity index (χ1) is 13.3. The van der Waals surface area contributed by atoms with Gasteiger partial charge in [0.1, 0.15) is 11.7 Å². The van der Waals surface area contributed by atoms with Gasteiger partial charge in [0.15, 0.2) is 17.5 Å². The van der Waals surface area contributed by atoms with Crippen LogP contribution in [0.25, 0.3) is 0 Å². The second-order valence-corrected chi connectivity index (χ2v) is 7.75. The molecule has 3 atom stereocenters. The molecule has 6 rings (SSSR count). The molecule has 5 aliphatic rings. The topological polar surface area (TPSA) is 81.8 Å². The summed E-state index contributed by atoms with van der Waals surface area (Å²) in [7, 11) is 0. The van der Waals surface area contributed by atoms with Crippen molar-refractivity contribution in [1.29, 1.82) is 0 Å². The number of hydrogen-bond donors (Lipinski definition) is 2. The Bertz CT molecular complexity index is 921. The van der Waals surface area contributed by atoms with Gasteiger partial charge in [-0.05, 0) is 12.8 Å². The lowest BCUT2D eigenvalue weighted by atomic mass is 9.90. The predicted molar refractivity (Wildman–Crippen MR) is 89.9 cm³/mol. The molecule has 5 heterocycles. The number of nitrogens with one attached hydrogen (secondary N) is 2. The molecule has 28 heavy (non-hydrogen) atoms. The van der Waals surface area contributed by atoms with Crippen LogP contribution in [0.3, 0.4) is 0 Å². The first-order valence-corrected chi connectivity index (χ1v) is 9.20. The van der Waals surface area contributed by atoms with Crippen molar-refractivity contribution in [2.45, 2.75) is 43.9 Å². The van der Waals surface area contributed by atoms with Gasteiger partial charge in [-0.25, -0.2) is 13.2 Å². The van der Waals surface area contributed by atoms with Crippen molar-refractivity contribution in [2.75, 3.05) is 18.0 Å². The quantitative estimate of drug-likeness (QED) is 0.561. The molecule has 4 saturated heterocycles. The van der Waals surface area contributed by atoms with Gasteiger partial charge in [-0.15, -0.1) is 0 Å². The van der Waals surface area contributed by atoms with E-state index >= 15 is 4.39 Å². The third-order valence-electron chi connectivity index (χ3n) is 6.02. The van der Waals surface area contributed by atoms with E-state index in [-0.39, 0.29) is 37.0 Å². The van der Waals surface area contributed by atoms with E-state index in [1.807, 2.05) is 0 Å². The molecule has 0 spiro atoms. The molecule has 4 fully saturated rings. The van der Waals surface area contributed by atoms with E-state index in [0.29, 0.717) is 13.1 Å². The molecule has 0 aliphatic carbocycles. The standard InChI is InChI=1S/C18H17F3N4O3/c19-13-9-6-25(10-1-2-11(26)23-17(10)27)18(28)12(9)14(20)15(21)16(13)24-4-7-3-8(5-24)22-7/h7-8,10,22H,1-6H2,(H,23,26,27). The molecule has 3 amide bonds. The molecular formula is C18H17F3N4O3. The number of anilines is 1. The number of rotatable bonds is 2.